The molecule has 0 bridgehead atoms. The molecule has 1 heterocycles. The smallest absolute Gasteiger partial charge is 0.387 e. The second-order valence-electron chi connectivity index (χ2n) is 11.9. The van der Waals surface area contributed by atoms with E-state index in [-0.39, 0.29) is 24.1 Å². The number of methoxy groups -OCH3 is 1. The van der Waals surface area contributed by atoms with Crippen LogP contribution in [0.15, 0.2) is 48.5 Å². The van der Waals surface area contributed by atoms with Crippen LogP contribution < -0.4 is 14.8 Å². The Bertz CT molecular complexity index is 1160. The Hall–Kier alpha value is -3.20. The first-order valence-electron chi connectivity index (χ1n) is 14.0. The molecule has 2 aromatic carbocycles. The second kappa shape index (κ2) is 12.5. The van der Waals surface area contributed by atoms with Gasteiger partial charge in [-0.1, -0.05) is 76.4 Å². The molecule has 1 aliphatic heterocycles. The minimum absolute atomic E-state index is 0.0201. The number of aliphatic carboxylic acids is 1. The molecule has 4 atom stereocenters. The zero-order chi connectivity index (χ0) is 29.0. The van der Waals surface area contributed by atoms with E-state index in [4.69, 9.17) is 9.47 Å². The highest BCUT2D eigenvalue weighted by molar-refractivity contribution is 5.87. The van der Waals surface area contributed by atoms with Gasteiger partial charge in [-0.25, -0.2) is 4.79 Å². The average Bonchev–Trinajstić information content (AvgIpc) is 3.28. The van der Waals surface area contributed by atoms with Crippen molar-refractivity contribution in [3.8, 4) is 11.5 Å². The van der Waals surface area contributed by atoms with Crippen molar-refractivity contribution in [1.82, 2.24) is 10.2 Å². The molecule has 0 unspecified atom stereocenters. The van der Waals surface area contributed by atoms with Crippen LogP contribution >= 0.6 is 0 Å². The normalized spacial score (nSPS) is 23.8. The molecule has 2 aliphatic rings. The molecule has 1 saturated carbocycles. The predicted octanol–water partition coefficient (Wildman–Crippen LogP) is 6.03. The summed E-state index contributed by atoms with van der Waals surface area (Å²) in [5, 5.41) is 14.1. The number of carbonyl (C=O) groups excluding carboxylic acids is 1. The number of nitrogens with zero attached hydrogens (tertiary/aromatic N) is 1. The molecule has 0 aromatic heterocycles. The van der Waals surface area contributed by atoms with Crippen molar-refractivity contribution in [1.29, 1.82) is 0 Å². The minimum Gasteiger partial charge on any atom is -0.497 e. The van der Waals surface area contributed by atoms with Crippen molar-refractivity contribution >= 4 is 11.9 Å². The molecule has 1 aliphatic carbocycles. The fourth-order valence-electron chi connectivity index (χ4n) is 6.53. The van der Waals surface area contributed by atoms with Crippen LogP contribution in [0.1, 0.15) is 70.0 Å². The summed E-state index contributed by atoms with van der Waals surface area (Å²) >= 11 is 0. The summed E-state index contributed by atoms with van der Waals surface area (Å²) in [5.41, 5.74) is 0.808. The Kier molecular flexibility index (Phi) is 9.33. The molecule has 7 nitrogen and oxygen atoms in total. The second-order valence-corrected chi connectivity index (χ2v) is 11.9. The number of rotatable bonds is 9. The molecule has 218 valence electrons. The Morgan fingerprint density at radius 3 is 2.33 bits per heavy atom. The van der Waals surface area contributed by atoms with Gasteiger partial charge < -0.3 is 24.8 Å². The molecule has 1 saturated heterocycles. The van der Waals surface area contributed by atoms with Gasteiger partial charge in [-0.05, 0) is 29.9 Å². The van der Waals surface area contributed by atoms with Gasteiger partial charge in [0.15, 0.2) is 0 Å². The number of amides is 1. The van der Waals surface area contributed by atoms with E-state index in [2.05, 4.69) is 5.32 Å². The first-order valence-corrected chi connectivity index (χ1v) is 14.0. The maximum Gasteiger partial charge on any atom is 0.387 e. The van der Waals surface area contributed by atoms with Crippen molar-refractivity contribution in [3.05, 3.63) is 59.7 Å². The maximum absolute atomic E-state index is 14.2. The molecular formula is C31H40F2N2O5. The summed E-state index contributed by atoms with van der Waals surface area (Å²) in [6.45, 7) is 3.06. The Morgan fingerprint density at radius 2 is 1.75 bits per heavy atom. The van der Waals surface area contributed by atoms with Gasteiger partial charge in [0.1, 0.15) is 17.5 Å². The Balaban J connectivity index is 1.78. The van der Waals surface area contributed by atoms with Gasteiger partial charge >= 0.3 is 12.6 Å². The number of carboxylic acids is 1. The van der Waals surface area contributed by atoms with Gasteiger partial charge in [0.2, 0.25) is 5.91 Å². The first kappa shape index (κ1) is 29.8. The van der Waals surface area contributed by atoms with Gasteiger partial charge in [0.25, 0.3) is 0 Å². The largest absolute Gasteiger partial charge is 0.497 e. The average molecular weight is 559 g/mol. The lowest BCUT2D eigenvalue weighted by molar-refractivity contribution is -0.154. The molecule has 9 heteroatoms. The SMILES string of the molecule is COc1ccc(CN[C@@H]2[C@@H](C(C)(C)C)[C@H](C(=O)O)N(C(=O)C3CCCCC3)[C@@H]2c2ccccc2)c(OC(F)F)c1. The van der Waals surface area contributed by atoms with E-state index in [1.165, 1.54) is 13.2 Å². The lowest BCUT2D eigenvalue weighted by atomic mass is 9.72. The molecule has 4 rings (SSSR count). The number of likely N-dealkylation sites (tertiary alicyclic amines) is 1. The third-order valence-electron chi connectivity index (χ3n) is 8.29. The molecule has 2 aromatic rings. The van der Waals surface area contributed by atoms with Crippen LogP contribution in [-0.2, 0) is 16.1 Å². The van der Waals surface area contributed by atoms with Gasteiger partial charge in [-0.15, -0.1) is 0 Å². The summed E-state index contributed by atoms with van der Waals surface area (Å²) in [6.07, 6.45) is 4.48. The van der Waals surface area contributed by atoms with Gasteiger partial charge in [0, 0.05) is 36.1 Å². The topological polar surface area (TPSA) is 88.1 Å². The third-order valence-corrected chi connectivity index (χ3v) is 8.29. The Morgan fingerprint density at radius 1 is 1.07 bits per heavy atom. The quantitative estimate of drug-likeness (QED) is 0.391. The summed E-state index contributed by atoms with van der Waals surface area (Å²) < 4.78 is 36.5. The van der Waals surface area contributed by atoms with E-state index < -0.39 is 42.0 Å². The number of alkyl halides is 2. The van der Waals surface area contributed by atoms with E-state index in [1.807, 2.05) is 51.1 Å². The van der Waals surface area contributed by atoms with Crippen molar-refractivity contribution < 1.29 is 33.0 Å². The lowest BCUT2D eigenvalue weighted by Gasteiger charge is -2.36. The number of carbonyl (C=O) groups is 2. The summed E-state index contributed by atoms with van der Waals surface area (Å²) in [5.74, 6) is -1.49. The number of hydrogen-bond donors (Lipinski definition) is 2. The zero-order valence-corrected chi connectivity index (χ0v) is 23.6. The highest BCUT2D eigenvalue weighted by atomic mass is 19.3. The number of ether oxygens (including phenoxy) is 2. The van der Waals surface area contributed by atoms with Crippen LogP contribution in [0.2, 0.25) is 0 Å². The molecule has 2 fully saturated rings. The minimum atomic E-state index is -3.02. The van der Waals surface area contributed by atoms with Crippen LogP contribution in [0.5, 0.6) is 11.5 Å². The fourth-order valence-corrected chi connectivity index (χ4v) is 6.53. The van der Waals surface area contributed by atoms with E-state index in [0.717, 1.165) is 37.7 Å². The Labute approximate surface area is 234 Å². The summed E-state index contributed by atoms with van der Waals surface area (Å²) in [4.78, 5) is 28.7. The predicted molar refractivity (Wildman–Crippen MR) is 147 cm³/mol. The summed E-state index contributed by atoms with van der Waals surface area (Å²) in [6, 6.07) is 12.1. The molecule has 2 N–H and O–H groups in total. The highest BCUT2D eigenvalue weighted by Gasteiger charge is 2.58. The first-order chi connectivity index (χ1) is 19.0. The van der Waals surface area contributed by atoms with E-state index in [1.54, 1.807) is 17.0 Å². The number of carboxylic acid groups (broad SMARTS) is 1. The van der Waals surface area contributed by atoms with E-state index in [0.29, 0.717) is 11.3 Å². The van der Waals surface area contributed by atoms with Crippen LogP contribution in [0.25, 0.3) is 0 Å². The molecule has 40 heavy (non-hydrogen) atoms. The maximum atomic E-state index is 14.2. The number of halogens is 2. The zero-order valence-electron chi connectivity index (χ0n) is 23.6. The summed E-state index contributed by atoms with van der Waals surface area (Å²) in [7, 11) is 1.44. The molecule has 0 spiro atoms. The lowest BCUT2D eigenvalue weighted by Crippen LogP contribution is -2.49. The van der Waals surface area contributed by atoms with E-state index in [9.17, 15) is 23.5 Å². The number of nitrogens with one attached hydrogen (secondary N) is 1. The van der Waals surface area contributed by atoms with Crippen LogP contribution in [0.3, 0.4) is 0 Å². The molecular weight excluding hydrogens is 518 g/mol. The van der Waals surface area contributed by atoms with Crippen molar-refractivity contribution in [2.75, 3.05) is 7.11 Å². The molecule has 1 amide bonds. The van der Waals surface area contributed by atoms with Crippen molar-refractivity contribution in [2.24, 2.45) is 17.3 Å². The van der Waals surface area contributed by atoms with Crippen LogP contribution in [-0.4, -0.2) is 47.7 Å². The van der Waals surface area contributed by atoms with E-state index >= 15 is 0 Å². The molecule has 0 radical (unpaired) electrons. The van der Waals surface area contributed by atoms with Crippen molar-refractivity contribution in [3.63, 3.8) is 0 Å². The van der Waals surface area contributed by atoms with Gasteiger partial charge in [0.05, 0.1) is 13.2 Å². The van der Waals surface area contributed by atoms with Gasteiger partial charge in [-0.2, -0.15) is 8.78 Å². The van der Waals surface area contributed by atoms with Crippen LogP contribution in [0.4, 0.5) is 8.78 Å². The third kappa shape index (κ3) is 6.40. The van der Waals surface area contributed by atoms with Crippen molar-refractivity contribution in [2.45, 2.75) is 84.2 Å². The van der Waals surface area contributed by atoms with Gasteiger partial charge in [-0.3, -0.25) is 4.79 Å². The van der Waals surface area contributed by atoms with Crippen LogP contribution in [0, 0.1) is 17.3 Å². The standard InChI is InChI=1S/C31H40F2N2O5/c1-31(2,3)24-25(34-18-21-15-16-22(39-4)17-23(21)40-30(32)33)26(19-11-7-5-8-12-19)35(27(24)29(37)38)28(36)20-13-9-6-10-14-20/h5,7-8,11-12,15-17,20,24-27,30,34H,6,9-10,13-14,18H2,1-4H3,(H,37,38)/t24-,25-,26-,27-/m1/s1. The fraction of sp³-hybridized carbons (Fsp3) is 0.548. The highest BCUT2D eigenvalue weighted by Crippen LogP contribution is 2.49. The monoisotopic (exact) mass is 558 g/mol. The number of benzene rings is 2. The number of hydrogen-bond acceptors (Lipinski definition) is 5.